The molecule has 1 heterocycles. The van der Waals surface area contributed by atoms with Gasteiger partial charge in [-0.1, -0.05) is 23.7 Å². The Morgan fingerprint density at radius 3 is 2.42 bits per heavy atom. The lowest BCUT2D eigenvalue weighted by Crippen LogP contribution is -2.33. The lowest BCUT2D eigenvalue weighted by molar-refractivity contribution is 0.0964. The zero-order chi connectivity index (χ0) is 28.8. The van der Waals surface area contributed by atoms with Crippen LogP contribution >= 0.6 is 11.6 Å². The number of hydrogen-bond donors (Lipinski definition) is 3. The fraction of sp³-hybridized carbons (Fsp3) is 0.250. The molecule has 1 amide bonds. The molecule has 0 bridgehead atoms. The summed E-state index contributed by atoms with van der Waals surface area (Å²) in [5.41, 5.74) is 3.28. The van der Waals surface area contributed by atoms with Crippen molar-refractivity contribution in [1.82, 2.24) is 5.32 Å². The Morgan fingerprint density at radius 2 is 1.85 bits per heavy atom. The van der Waals surface area contributed by atoms with Gasteiger partial charge in [0.2, 0.25) is 10.0 Å². The quantitative estimate of drug-likeness (QED) is 0.257. The molecule has 1 aromatic heterocycles. The van der Waals surface area contributed by atoms with Gasteiger partial charge in [-0.05, 0) is 72.7 Å². The number of benzene rings is 3. The molecule has 1 aliphatic rings. The van der Waals surface area contributed by atoms with E-state index < -0.39 is 23.0 Å². The summed E-state index contributed by atoms with van der Waals surface area (Å²) in [7, 11) is -3.94. The van der Waals surface area contributed by atoms with Gasteiger partial charge in [0.25, 0.3) is 5.91 Å². The van der Waals surface area contributed by atoms with Gasteiger partial charge in [-0.2, -0.15) is 0 Å². The summed E-state index contributed by atoms with van der Waals surface area (Å²) in [4.78, 5) is 13.0. The molecular weight excluding hydrogens is 558 g/mol. The molecule has 0 saturated heterocycles. The summed E-state index contributed by atoms with van der Waals surface area (Å²) in [6.45, 7) is 0.0925. The third-order valence-corrected chi connectivity index (χ3v) is 8.54. The minimum Gasteiger partial charge on any atom is -0.455 e. The first kappa shape index (κ1) is 28.2. The standard InChI is InChI=1S/C28H27BClFN2O6S/c1-32-28(34)26-21-14-20(17-4-5-17)24(15-25(21)39-27(26)18-6-8-19(31)9-7-18)33(40(2,37)38)12-11-16-3-10-22(29(35)36)23(30)13-16/h3,6-10,13-15,17,35-36H,4-5,11-12H2,1-2H3,(H,32,34). The van der Waals surface area contributed by atoms with Crippen LogP contribution in [0.15, 0.2) is 59.0 Å². The summed E-state index contributed by atoms with van der Waals surface area (Å²) in [5, 5.41) is 22.2. The van der Waals surface area contributed by atoms with E-state index in [1.54, 1.807) is 18.2 Å². The molecule has 40 heavy (non-hydrogen) atoms. The maximum atomic E-state index is 13.6. The van der Waals surface area contributed by atoms with E-state index in [9.17, 15) is 27.7 Å². The second kappa shape index (κ2) is 10.9. The fourth-order valence-corrected chi connectivity index (χ4v) is 6.11. The van der Waals surface area contributed by atoms with Gasteiger partial charge in [0.15, 0.2) is 0 Å². The van der Waals surface area contributed by atoms with Crippen LogP contribution in [0.3, 0.4) is 0 Å². The Hall–Kier alpha value is -3.38. The minimum atomic E-state index is -3.74. The Labute approximate surface area is 236 Å². The minimum absolute atomic E-state index is 0.0925. The van der Waals surface area contributed by atoms with Crippen LogP contribution in [0.1, 0.15) is 40.2 Å². The van der Waals surface area contributed by atoms with Crippen LogP contribution in [0.2, 0.25) is 5.02 Å². The number of nitrogens with one attached hydrogen (secondary N) is 1. The van der Waals surface area contributed by atoms with Gasteiger partial charge in [-0.25, -0.2) is 12.8 Å². The number of fused-ring (bicyclic) bond motifs is 1. The highest BCUT2D eigenvalue weighted by Crippen LogP contribution is 2.48. The molecule has 8 nitrogen and oxygen atoms in total. The molecule has 3 aromatic carbocycles. The number of carbonyl (C=O) groups excluding carboxylic acids is 1. The summed E-state index contributed by atoms with van der Waals surface area (Å²) < 4.78 is 47.2. The second-order valence-corrected chi connectivity index (χ2v) is 12.2. The maximum absolute atomic E-state index is 13.6. The predicted molar refractivity (Wildman–Crippen MR) is 154 cm³/mol. The normalized spacial score (nSPS) is 13.4. The van der Waals surface area contributed by atoms with Crippen LogP contribution in [0.5, 0.6) is 0 Å². The molecule has 3 N–H and O–H groups in total. The second-order valence-electron chi connectivity index (χ2n) is 9.89. The van der Waals surface area contributed by atoms with Crippen molar-refractivity contribution in [2.75, 3.05) is 24.2 Å². The summed E-state index contributed by atoms with van der Waals surface area (Å²) in [6.07, 6.45) is 3.20. The smallest absolute Gasteiger partial charge is 0.455 e. The molecule has 1 aliphatic carbocycles. The van der Waals surface area contributed by atoms with Crippen molar-refractivity contribution < 1.29 is 32.1 Å². The van der Waals surface area contributed by atoms with Crippen LogP contribution in [-0.2, 0) is 16.4 Å². The van der Waals surface area contributed by atoms with E-state index in [4.69, 9.17) is 16.0 Å². The first-order chi connectivity index (χ1) is 19.0. The monoisotopic (exact) mass is 584 g/mol. The number of furan rings is 1. The molecule has 0 unspecified atom stereocenters. The maximum Gasteiger partial charge on any atom is 0.489 e. The lowest BCUT2D eigenvalue weighted by Gasteiger charge is -2.25. The van der Waals surface area contributed by atoms with Crippen molar-refractivity contribution in [1.29, 1.82) is 0 Å². The van der Waals surface area contributed by atoms with Gasteiger partial charge in [0, 0.05) is 41.1 Å². The molecule has 0 atom stereocenters. The molecule has 5 rings (SSSR count). The van der Waals surface area contributed by atoms with Gasteiger partial charge in [0.1, 0.15) is 17.2 Å². The van der Waals surface area contributed by atoms with Gasteiger partial charge in [-0.3, -0.25) is 9.10 Å². The van der Waals surface area contributed by atoms with Crippen LogP contribution in [-0.4, -0.2) is 51.3 Å². The van der Waals surface area contributed by atoms with E-state index in [2.05, 4.69) is 5.32 Å². The highest BCUT2D eigenvalue weighted by molar-refractivity contribution is 7.92. The number of anilines is 1. The average Bonchev–Trinajstić information content (AvgIpc) is 3.68. The van der Waals surface area contributed by atoms with Crippen LogP contribution in [0.4, 0.5) is 10.1 Å². The van der Waals surface area contributed by atoms with Crippen LogP contribution < -0.4 is 15.1 Å². The first-order valence-corrected chi connectivity index (χ1v) is 14.9. The van der Waals surface area contributed by atoms with Gasteiger partial charge in [0.05, 0.1) is 17.5 Å². The zero-order valence-corrected chi connectivity index (χ0v) is 23.4. The average molecular weight is 585 g/mol. The van der Waals surface area contributed by atoms with Crippen molar-refractivity contribution in [3.8, 4) is 11.3 Å². The highest BCUT2D eigenvalue weighted by atomic mass is 35.5. The molecule has 208 valence electrons. The van der Waals surface area contributed by atoms with E-state index in [-0.39, 0.29) is 34.6 Å². The van der Waals surface area contributed by atoms with Crippen molar-refractivity contribution >= 4 is 56.8 Å². The van der Waals surface area contributed by atoms with E-state index in [0.29, 0.717) is 34.2 Å². The van der Waals surface area contributed by atoms with Gasteiger partial charge < -0.3 is 19.8 Å². The Morgan fingerprint density at radius 1 is 1.15 bits per heavy atom. The number of nitrogens with zero attached hydrogens (tertiary/aromatic N) is 1. The van der Waals surface area contributed by atoms with E-state index in [0.717, 1.165) is 30.2 Å². The summed E-state index contributed by atoms with van der Waals surface area (Å²) in [5.74, 6) is -0.405. The van der Waals surface area contributed by atoms with Crippen molar-refractivity contribution in [2.45, 2.75) is 25.2 Å². The third kappa shape index (κ3) is 5.60. The number of amides is 1. The SMILES string of the molecule is CNC(=O)c1c(-c2ccc(F)cc2)oc2cc(N(CCc3ccc(B(O)O)c(Cl)c3)S(C)(=O)=O)c(C3CC3)cc12. The van der Waals surface area contributed by atoms with Crippen LogP contribution in [0.25, 0.3) is 22.3 Å². The predicted octanol–water partition coefficient (Wildman–Crippen LogP) is 3.82. The number of rotatable bonds is 9. The van der Waals surface area contributed by atoms with Crippen molar-refractivity contribution in [3.05, 3.63) is 82.1 Å². The third-order valence-electron chi connectivity index (χ3n) is 7.03. The highest BCUT2D eigenvalue weighted by Gasteiger charge is 2.33. The molecule has 0 aliphatic heterocycles. The van der Waals surface area contributed by atoms with E-state index in [1.807, 2.05) is 6.07 Å². The van der Waals surface area contributed by atoms with Gasteiger partial charge >= 0.3 is 7.12 Å². The molecule has 0 spiro atoms. The van der Waals surface area contributed by atoms with Gasteiger partial charge in [-0.15, -0.1) is 0 Å². The zero-order valence-electron chi connectivity index (χ0n) is 21.8. The van der Waals surface area contributed by atoms with Crippen molar-refractivity contribution in [3.63, 3.8) is 0 Å². The first-order valence-electron chi connectivity index (χ1n) is 12.7. The summed E-state index contributed by atoms with van der Waals surface area (Å²) >= 11 is 6.18. The Balaban J connectivity index is 1.61. The Kier molecular flexibility index (Phi) is 7.67. The topological polar surface area (TPSA) is 120 Å². The number of sulfonamides is 1. The molecular formula is C28H27BClFN2O6S. The fourth-order valence-electron chi connectivity index (χ4n) is 4.87. The number of halogens is 2. The number of carbonyl (C=O) groups is 1. The van der Waals surface area contributed by atoms with Crippen LogP contribution in [0, 0.1) is 5.82 Å². The lowest BCUT2D eigenvalue weighted by atomic mass is 9.80. The largest absolute Gasteiger partial charge is 0.489 e. The molecule has 1 saturated carbocycles. The van der Waals surface area contributed by atoms with E-state index >= 15 is 0 Å². The summed E-state index contributed by atoms with van der Waals surface area (Å²) in [6, 6.07) is 13.8. The molecule has 0 radical (unpaired) electrons. The Bertz CT molecular complexity index is 1700. The van der Waals surface area contributed by atoms with Crippen molar-refractivity contribution in [2.24, 2.45) is 0 Å². The molecule has 4 aromatic rings. The number of hydrogen-bond acceptors (Lipinski definition) is 6. The molecule has 1 fully saturated rings. The van der Waals surface area contributed by atoms with E-state index in [1.165, 1.54) is 41.7 Å². The molecule has 12 heteroatoms.